The minimum atomic E-state index is -0.361. The Kier molecular flexibility index (Phi) is 5.35. The molecule has 0 radical (unpaired) electrons. The first-order valence-corrected chi connectivity index (χ1v) is 7.71. The van der Waals surface area contributed by atoms with Crippen molar-refractivity contribution in [1.29, 1.82) is 0 Å². The predicted molar refractivity (Wildman–Crippen MR) is 83.0 cm³/mol. The molecular weight excluding hydrogens is 366 g/mol. The molecule has 0 saturated heterocycles. The first-order valence-electron chi connectivity index (χ1n) is 6.16. The Bertz CT molecular complexity index is 635. The lowest BCUT2D eigenvalue weighted by Crippen LogP contribution is -2.03. The van der Waals surface area contributed by atoms with E-state index in [1.807, 2.05) is 0 Å². The molecule has 0 fully saturated rings. The molecule has 0 N–H and O–H groups in total. The summed E-state index contributed by atoms with van der Waals surface area (Å²) < 4.78 is 13.8. The Morgan fingerprint density at radius 2 is 2.00 bits per heavy atom. The lowest BCUT2D eigenvalue weighted by atomic mass is 10.1. The first kappa shape index (κ1) is 15.7. The zero-order valence-corrected chi connectivity index (χ0v) is 13.9. The van der Waals surface area contributed by atoms with E-state index in [1.165, 1.54) is 12.1 Å². The molecule has 0 aliphatic heterocycles. The van der Waals surface area contributed by atoms with Crippen LogP contribution in [0.3, 0.4) is 0 Å². The standard InChI is InChI=1S/C14H12BrCl2FN2/c1-2-3-11-13(15)14(17)20-12(19-11)6-8-4-5-9(18)7-10(8)16/h4-5,7H,2-3,6H2,1H3. The summed E-state index contributed by atoms with van der Waals surface area (Å²) in [5, 5.41) is 0.751. The molecule has 6 heteroatoms. The molecule has 0 bridgehead atoms. The van der Waals surface area contributed by atoms with Crippen LogP contribution in [0, 0.1) is 5.82 Å². The fourth-order valence-electron chi connectivity index (χ4n) is 1.83. The Morgan fingerprint density at radius 3 is 2.65 bits per heavy atom. The molecule has 1 heterocycles. The molecule has 0 aliphatic rings. The smallest absolute Gasteiger partial charge is 0.147 e. The van der Waals surface area contributed by atoms with Crippen LogP contribution in [0.2, 0.25) is 10.2 Å². The molecular formula is C14H12BrCl2FN2. The van der Waals surface area contributed by atoms with E-state index < -0.39 is 0 Å². The SMILES string of the molecule is CCCc1nc(Cc2ccc(F)cc2Cl)nc(Cl)c1Br. The van der Waals surface area contributed by atoms with Crippen molar-refractivity contribution in [3.63, 3.8) is 0 Å². The van der Waals surface area contributed by atoms with Crippen molar-refractivity contribution in [3.8, 4) is 0 Å². The molecule has 1 aromatic carbocycles. The van der Waals surface area contributed by atoms with Gasteiger partial charge in [-0.05, 0) is 40.0 Å². The van der Waals surface area contributed by atoms with E-state index in [-0.39, 0.29) is 5.82 Å². The van der Waals surface area contributed by atoms with Crippen LogP contribution in [0.1, 0.15) is 30.4 Å². The number of hydrogen-bond acceptors (Lipinski definition) is 2. The second kappa shape index (κ2) is 6.83. The summed E-state index contributed by atoms with van der Waals surface area (Å²) in [4.78, 5) is 8.72. The molecule has 106 valence electrons. The lowest BCUT2D eigenvalue weighted by Gasteiger charge is -2.08. The maximum Gasteiger partial charge on any atom is 0.147 e. The summed E-state index contributed by atoms with van der Waals surface area (Å²) in [6.07, 6.45) is 2.19. The Balaban J connectivity index is 2.33. The van der Waals surface area contributed by atoms with Gasteiger partial charge in [0.1, 0.15) is 16.8 Å². The highest BCUT2D eigenvalue weighted by Gasteiger charge is 2.12. The number of aromatic nitrogens is 2. The molecule has 0 atom stereocenters. The van der Waals surface area contributed by atoms with Crippen molar-refractivity contribution >= 4 is 39.1 Å². The van der Waals surface area contributed by atoms with Crippen molar-refractivity contribution in [3.05, 3.63) is 55.7 Å². The van der Waals surface area contributed by atoms with Gasteiger partial charge in [-0.25, -0.2) is 14.4 Å². The van der Waals surface area contributed by atoms with Crippen molar-refractivity contribution in [1.82, 2.24) is 9.97 Å². The Hall–Kier alpha value is -0.710. The number of hydrogen-bond donors (Lipinski definition) is 0. The van der Waals surface area contributed by atoms with Gasteiger partial charge in [0.15, 0.2) is 0 Å². The monoisotopic (exact) mass is 376 g/mol. The third-order valence-electron chi connectivity index (χ3n) is 2.78. The van der Waals surface area contributed by atoms with E-state index >= 15 is 0 Å². The second-order valence-electron chi connectivity index (χ2n) is 4.35. The predicted octanol–water partition coefficient (Wildman–Crippen LogP) is 5.23. The Labute approximate surface area is 135 Å². The van der Waals surface area contributed by atoms with E-state index in [4.69, 9.17) is 23.2 Å². The molecule has 0 saturated carbocycles. The van der Waals surface area contributed by atoms with Gasteiger partial charge in [0.05, 0.1) is 10.2 Å². The van der Waals surface area contributed by atoms with Crippen LogP contribution in [0.4, 0.5) is 4.39 Å². The maximum absolute atomic E-state index is 13.0. The van der Waals surface area contributed by atoms with Gasteiger partial charge < -0.3 is 0 Å². The number of benzene rings is 1. The fraction of sp³-hybridized carbons (Fsp3) is 0.286. The lowest BCUT2D eigenvalue weighted by molar-refractivity contribution is 0.627. The van der Waals surface area contributed by atoms with Crippen LogP contribution in [-0.2, 0) is 12.8 Å². The van der Waals surface area contributed by atoms with Crippen LogP contribution in [0.15, 0.2) is 22.7 Å². The van der Waals surface area contributed by atoms with E-state index in [0.29, 0.717) is 22.4 Å². The number of nitrogens with zero attached hydrogens (tertiary/aromatic N) is 2. The zero-order valence-electron chi connectivity index (χ0n) is 10.8. The highest BCUT2D eigenvalue weighted by molar-refractivity contribution is 9.10. The summed E-state index contributed by atoms with van der Waals surface area (Å²) >= 11 is 15.5. The number of rotatable bonds is 4. The van der Waals surface area contributed by atoms with E-state index in [0.717, 1.165) is 28.6 Å². The number of halogens is 4. The first-order chi connectivity index (χ1) is 9.51. The van der Waals surface area contributed by atoms with Crippen LogP contribution in [0.25, 0.3) is 0 Å². The summed E-state index contributed by atoms with van der Waals surface area (Å²) in [5.74, 6) is 0.218. The van der Waals surface area contributed by atoms with Crippen molar-refractivity contribution in [2.75, 3.05) is 0 Å². The second-order valence-corrected chi connectivity index (χ2v) is 5.91. The van der Waals surface area contributed by atoms with E-state index in [1.54, 1.807) is 6.07 Å². The highest BCUT2D eigenvalue weighted by atomic mass is 79.9. The zero-order chi connectivity index (χ0) is 14.7. The normalized spacial score (nSPS) is 10.8. The van der Waals surface area contributed by atoms with Crippen molar-refractivity contribution in [2.45, 2.75) is 26.2 Å². The summed E-state index contributed by atoms with van der Waals surface area (Å²) in [6.45, 7) is 2.07. The average Bonchev–Trinajstić information content (AvgIpc) is 2.39. The van der Waals surface area contributed by atoms with E-state index in [9.17, 15) is 4.39 Å². The van der Waals surface area contributed by atoms with Gasteiger partial charge in [0.2, 0.25) is 0 Å². The average molecular weight is 378 g/mol. The van der Waals surface area contributed by atoms with Crippen LogP contribution >= 0.6 is 39.1 Å². The maximum atomic E-state index is 13.0. The third-order valence-corrected chi connectivity index (χ3v) is 4.46. The summed E-state index contributed by atoms with van der Waals surface area (Å²) in [6, 6.07) is 4.29. The van der Waals surface area contributed by atoms with Gasteiger partial charge in [-0.3, -0.25) is 0 Å². The minimum Gasteiger partial charge on any atom is -0.236 e. The number of aryl methyl sites for hydroxylation is 1. The van der Waals surface area contributed by atoms with Gasteiger partial charge in [-0.2, -0.15) is 0 Å². The molecule has 0 amide bonds. The molecule has 20 heavy (non-hydrogen) atoms. The molecule has 0 unspecified atom stereocenters. The molecule has 1 aromatic heterocycles. The van der Waals surface area contributed by atoms with Gasteiger partial charge in [0.25, 0.3) is 0 Å². The molecule has 0 spiro atoms. The molecule has 2 aromatic rings. The van der Waals surface area contributed by atoms with Gasteiger partial charge >= 0.3 is 0 Å². The van der Waals surface area contributed by atoms with Gasteiger partial charge in [-0.1, -0.05) is 42.6 Å². The topological polar surface area (TPSA) is 25.8 Å². The molecule has 0 aliphatic carbocycles. The fourth-order valence-corrected chi connectivity index (χ4v) is 2.64. The quantitative estimate of drug-likeness (QED) is 0.682. The van der Waals surface area contributed by atoms with Crippen molar-refractivity contribution < 1.29 is 4.39 Å². The molecule has 2 nitrogen and oxygen atoms in total. The van der Waals surface area contributed by atoms with E-state index in [2.05, 4.69) is 32.8 Å². The third kappa shape index (κ3) is 3.68. The van der Waals surface area contributed by atoms with Crippen LogP contribution < -0.4 is 0 Å². The minimum absolute atomic E-state index is 0.361. The van der Waals surface area contributed by atoms with Crippen molar-refractivity contribution in [2.24, 2.45) is 0 Å². The summed E-state index contributed by atoms with van der Waals surface area (Å²) in [7, 11) is 0. The Morgan fingerprint density at radius 1 is 1.25 bits per heavy atom. The largest absolute Gasteiger partial charge is 0.236 e. The molecule has 2 rings (SSSR count). The van der Waals surface area contributed by atoms with Gasteiger partial charge in [0, 0.05) is 11.4 Å². The van der Waals surface area contributed by atoms with Crippen LogP contribution in [0.5, 0.6) is 0 Å². The highest BCUT2D eigenvalue weighted by Crippen LogP contribution is 2.26. The summed E-state index contributed by atoms with van der Waals surface area (Å²) in [5.41, 5.74) is 1.65. The van der Waals surface area contributed by atoms with Crippen LogP contribution in [-0.4, -0.2) is 9.97 Å². The van der Waals surface area contributed by atoms with Gasteiger partial charge in [-0.15, -0.1) is 0 Å².